The van der Waals surface area contributed by atoms with E-state index in [9.17, 15) is 4.39 Å². The van der Waals surface area contributed by atoms with Gasteiger partial charge in [-0.05, 0) is 77.8 Å². The molecule has 7 rings (SSSR count). The van der Waals surface area contributed by atoms with Crippen LogP contribution in [0.5, 0.6) is 0 Å². The molecule has 7 aromatic rings. The van der Waals surface area contributed by atoms with Crippen LogP contribution in [0.1, 0.15) is 0 Å². The van der Waals surface area contributed by atoms with E-state index in [1.165, 1.54) is 54.6 Å². The van der Waals surface area contributed by atoms with E-state index in [2.05, 4.69) is 115 Å². The molecule has 0 saturated heterocycles. The van der Waals surface area contributed by atoms with Gasteiger partial charge in [-0.2, -0.15) is 0 Å². The summed E-state index contributed by atoms with van der Waals surface area (Å²) in [6.45, 7) is 0. The van der Waals surface area contributed by atoms with Crippen molar-refractivity contribution in [1.82, 2.24) is 0 Å². The van der Waals surface area contributed by atoms with Crippen molar-refractivity contribution in [1.29, 1.82) is 0 Å². The van der Waals surface area contributed by atoms with Crippen LogP contribution < -0.4 is 0 Å². The van der Waals surface area contributed by atoms with Crippen molar-refractivity contribution in [3.8, 4) is 33.4 Å². The Morgan fingerprint density at radius 2 is 0.730 bits per heavy atom. The summed E-state index contributed by atoms with van der Waals surface area (Å²) in [6, 6.07) is 47.8. The Hall–Kier alpha value is -4.75. The lowest BCUT2D eigenvalue weighted by Gasteiger charge is -2.19. The number of fused-ring (bicyclic) bond motifs is 3. The van der Waals surface area contributed by atoms with Crippen LogP contribution in [-0.4, -0.2) is 0 Å². The predicted molar refractivity (Wildman–Crippen MR) is 155 cm³/mol. The highest BCUT2D eigenvalue weighted by atomic mass is 19.1. The highest BCUT2D eigenvalue weighted by Crippen LogP contribution is 2.46. The molecule has 37 heavy (non-hydrogen) atoms. The van der Waals surface area contributed by atoms with Gasteiger partial charge in [0.2, 0.25) is 0 Å². The van der Waals surface area contributed by atoms with Crippen molar-refractivity contribution in [2.24, 2.45) is 0 Å². The summed E-state index contributed by atoms with van der Waals surface area (Å²) in [5.74, 6) is -0.223. The first kappa shape index (κ1) is 21.5. The number of benzene rings is 7. The van der Waals surface area contributed by atoms with Gasteiger partial charge < -0.3 is 0 Å². The van der Waals surface area contributed by atoms with Crippen LogP contribution in [0.4, 0.5) is 4.39 Å². The molecule has 0 aliphatic carbocycles. The van der Waals surface area contributed by atoms with E-state index in [0.717, 1.165) is 11.1 Å². The lowest BCUT2D eigenvalue weighted by Crippen LogP contribution is -1.92. The van der Waals surface area contributed by atoms with E-state index < -0.39 is 0 Å². The van der Waals surface area contributed by atoms with Gasteiger partial charge in [-0.1, -0.05) is 127 Å². The van der Waals surface area contributed by atoms with E-state index >= 15 is 0 Å². The van der Waals surface area contributed by atoms with E-state index in [4.69, 9.17) is 0 Å². The highest BCUT2D eigenvalue weighted by Gasteiger charge is 2.18. The standard InChI is InChI=1S/C36H23F/c37-26-20-18-25(19-21-26)35-30-14-6-8-16-32(30)36(33-17-9-7-15-31(33)35)34-23-22-27(24-10-2-1-3-11-24)28-12-4-5-13-29(28)34/h1-23H. The molecule has 0 fully saturated rings. The molecule has 7 aromatic carbocycles. The van der Waals surface area contributed by atoms with Gasteiger partial charge >= 0.3 is 0 Å². The normalized spacial score (nSPS) is 11.4. The summed E-state index contributed by atoms with van der Waals surface area (Å²) in [5, 5.41) is 7.19. The van der Waals surface area contributed by atoms with Crippen LogP contribution in [0.25, 0.3) is 65.7 Å². The molecule has 0 aliphatic rings. The van der Waals surface area contributed by atoms with Crippen LogP contribution in [0.3, 0.4) is 0 Å². The molecule has 0 spiro atoms. The van der Waals surface area contributed by atoms with Gasteiger partial charge in [0.1, 0.15) is 5.82 Å². The molecule has 0 aromatic heterocycles. The number of rotatable bonds is 3. The molecule has 0 aliphatic heterocycles. The lowest BCUT2D eigenvalue weighted by molar-refractivity contribution is 0.628. The summed E-state index contributed by atoms with van der Waals surface area (Å²) in [7, 11) is 0. The molecule has 0 nitrogen and oxygen atoms in total. The largest absolute Gasteiger partial charge is 0.207 e. The Morgan fingerprint density at radius 1 is 0.297 bits per heavy atom. The highest BCUT2D eigenvalue weighted by molar-refractivity contribution is 6.24. The summed E-state index contributed by atoms with van der Waals surface area (Å²) in [6.07, 6.45) is 0. The zero-order valence-corrected chi connectivity index (χ0v) is 20.2. The molecule has 1 heteroatoms. The number of halogens is 1. The zero-order chi connectivity index (χ0) is 24.8. The van der Waals surface area contributed by atoms with Crippen molar-refractivity contribution in [2.45, 2.75) is 0 Å². The van der Waals surface area contributed by atoms with Crippen molar-refractivity contribution in [3.05, 3.63) is 145 Å². The van der Waals surface area contributed by atoms with E-state index in [0.29, 0.717) is 0 Å². The van der Waals surface area contributed by atoms with Crippen LogP contribution in [0.2, 0.25) is 0 Å². The van der Waals surface area contributed by atoms with E-state index in [-0.39, 0.29) is 5.82 Å². The first-order valence-electron chi connectivity index (χ1n) is 12.6. The second-order valence-corrected chi connectivity index (χ2v) is 9.42. The first-order chi connectivity index (χ1) is 18.3. The molecule has 0 amide bonds. The second kappa shape index (κ2) is 8.72. The van der Waals surface area contributed by atoms with Crippen molar-refractivity contribution < 1.29 is 4.39 Å². The second-order valence-electron chi connectivity index (χ2n) is 9.42. The van der Waals surface area contributed by atoms with Crippen molar-refractivity contribution in [2.75, 3.05) is 0 Å². The quantitative estimate of drug-likeness (QED) is 0.223. The summed E-state index contributed by atoms with van der Waals surface area (Å²) in [4.78, 5) is 0. The molecule has 0 atom stereocenters. The molecule has 174 valence electrons. The minimum absolute atomic E-state index is 0.223. The molecule has 0 bridgehead atoms. The third-order valence-corrected chi connectivity index (χ3v) is 7.34. The SMILES string of the molecule is Fc1ccc(-c2c3ccccc3c(-c3ccc(-c4ccccc4)c4ccccc34)c3ccccc23)cc1. The third kappa shape index (κ3) is 3.51. The van der Waals surface area contributed by atoms with E-state index in [1.54, 1.807) is 12.1 Å². The molecular weight excluding hydrogens is 451 g/mol. The van der Waals surface area contributed by atoms with Gasteiger partial charge in [0.05, 0.1) is 0 Å². The topological polar surface area (TPSA) is 0 Å². The molecule has 0 unspecified atom stereocenters. The van der Waals surface area contributed by atoms with Crippen LogP contribution >= 0.6 is 0 Å². The van der Waals surface area contributed by atoms with Crippen molar-refractivity contribution >= 4 is 32.3 Å². The van der Waals surface area contributed by atoms with Crippen LogP contribution in [0, 0.1) is 5.82 Å². The Kier molecular flexibility index (Phi) is 5.08. The van der Waals surface area contributed by atoms with Crippen LogP contribution in [-0.2, 0) is 0 Å². The molecule has 0 N–H and O–H groups in total. The third-order valence-electron chi connectivity index (χ3n) is 7.34. The fourth-order valence-electron chi connectivity index (χ4n) is 5.73. The average Bonchev–Trinajstić information content (AvgIpc) is 2.96. The fourth-order valence-corrected chi connectivity index (χ4v) is 5.73. The predicted octanol–water partition coefficient (Wildman–Crippen LogP) is 10.3. The fraction of sp³-hybridized carbons (Fsp3) is 0. The minimum atomic E-state index is -0.223. The zero-order valence-electron chi connectivity index (χ0n) is 20.2. The molecule has 0 radical (unpaired) electrons. The smallest absolute Gasteiger partial charge is 0.123 e. The minimum Gasteiger partial charge on any atom is -0.207 e. The summed E-state index contributed by atoms with van der Waals surface area (Å²) >= 11 is 0. The van der Waals surface area contributed by atoms with Gasteiger partial charge in [0.25, 0.3) is 0 Å². The van der Waals surface area contributed by atoms with Gasteiger partial charge in [-0.3, -0.25) is 0 Å². The maximum Gasteiger partial charge on any atom is 0.123 e. The first-order valence-corrected chi connectivity index (χ1v) is 12.6. The Morgan fingerprint density at radius 3 is 1.30 bits per heavy atom. The maximum atomic E-state index is 13.8. The lowest BCUT2D eigenvalue weighted by atomic mass is 9.84. The Labute approximate surface area is 215 Å². The van der Waals surface area contributed by atoms with Crippen LogP contribution in [0.15, 0.2) is 140 Å². The van der Waals surface area contributed by atoms with Gasteiger partial charge in [0, 0.05) is 0 Å². The van der Waals surface area contributed by atoms with Gasteiger partial charge in [0.15, 0.2) is 0 Å². The Bertz CT molecular complexity index is 1860. The monoisotopic (exact) mass is 474 g/mol. The molecule has 0 saturated carbocycles. The molecular formula is C36H23F. The Balaban J connectivity index is 1.61. The number of hydrogen-bond donors (Lipinski definition) is 0. The van der Waals surface area contributed by atoms with Gasteiger partial charge in [-0.25, -0.2) is 4.39 Å². The summed E-state index contributed by atoms with van der Waals surface area (Å²) in [5.41, 5.74) is 7.05. The van der Waals surface area contributed by atoms with Crippen molar-refractivity contribution in [3.63, 3.8) is 0 Å². The summed E-state index contributed by atoms with van der Waals surface area (Å²) < 4.78 is 13.8. The van der Waals surface area contributed by atoms with E-state index in [1.807, 2.05) is 12.1 Å². The molecule has 0 heterocycles. The van der Waals surface area contributed by atoms with Gasteiger partial charge in [-0.15, -0.1) is 0 Å². The average molecular weight is 475 g/mol. The maximum absolute atomic E-state index is 13.8. The number of hydrogen-bond acceptors (Lipinski definition) is 0.